The van der Waals surface area contributed by atoms with Crippen molar-refractivity contribution in [3.8, 4) is 11.6 Å². The zero-order valence-electron chi connectivity index (χ0n) is 16.8. The maximum absolute atomic E-state index is 13.9. The Morgan fingerprint density at radius 1 is 1.43 bits per heavy atom. The van der Waals surface area contributed by atoms with Gasteiger partial charge in [-0.15, -0.1) is 0 Å². The van der Waals surface area contributed by atoms with E-state index < -0.39 is 18.0 Å². The molecule has 10 heteroatoms. The van der Waals surface area contributed by atoms with Gasteiger partial charge in [0, 0.05) is 30.9 Å². The number of hydrogen-bond acceptors (Lipinski definition) is 7. The van der Waals surface area contributed by atoms with Crippen LogP contribution in [0.2, 0.25) is 0 Å². The van der Waals surface area contributed by atoms with Crippen LogP contribution in [0.5, 0.6) is 11.6 Å². The Kier molecular flexibility index (Phi) is 8.21. The highest BCUT2D eigenvalue weighted by atomic mass is 19.1. The Balaban J connectivity index is 0.000000335. The van der Waals surface area contributed by atoms with Crippen LogP contribution in [0.4, 0.5) is 20.6 Å². The average Bonchev–Trinajstić information content (AvgIpc) is 3.06. The number of carbonyl (C=O) groups is 2. The first kappa shape index (κ1) is 22.7. The van der Waals surface area contributed by atoms with Gasteiger partial charge in [0.25, 0.3) is 0 Å². The lowest BCUT2D eigenvalue weighted by atomic mass is 10.2. The number of nitrogens with zero attached hydrogens (tertiary/aromatic N) is 2. The van der Waals surface area contributed by atoms with Gasteiger partial charge in [-0.2, -0.15) is 0 Å². The summed E-state index contributed by atoms with van der Waals surface area (Å²) in [6, 6.07) is 7.34. The number of hydrogen-bond donors (Lipinski definition) is 3. The SMILES string of the molecule is CCCOc1ccc(N2C[C@H](CNC(C)=O)OC2=O)cc1F.Nc1ccnc(O)c1. The Labute approximate surface area is 173 Å². The molecule has 1 saturated heterocycles. The standard InChI is InChI=1S/C15H19FN2O4.C5H6N2O/c1-3-6-21-14-5-4-11(7-13(14)16)18-9-12(22-15(18)20)8-17-10(2)19;6-4-1-2-7-5(8)3-4/h4-5,7,12H,3,6,8-9H2,1-2H3,(H,17,19);1-3H,(H3,6,7,8)/t12-;/m0./s1. The minimum atomic E-state index is -0.558. The lowest BCUT2D eigenvalue weighted by Crippen LogP contribution is -2.33. The maximum atomic E-state index is 13.9. The smallest absolute Gasteiger partial charge is 0.414 e. The van der Waals surface area contributed by atoms with E-state index in [2.05, 4.69) is 10.3 Å². The third kappa shape index (κ3) is 6.80. The van der Waals surface area contributed by atoms with E-state index in [9.17, 15) is 14.0 Å². The van der Waals surface area contributed by atoms with Crippen LogP contribution in [0.15, 0.2) is 36.5 Å². The number of carbonyl (C=O) groups excluding carboxylic acids is 2. The fourth-order valence-electron chi connectivity index (χ4n) is 2.52. The molecule has 0 spiro atoms. The molecule has 1 aliphatic heterocycles. The summed E-state index contributed by atoms with van der Waals surface area (Å²) in [5.74, 6) is -0.597. The lowest BCUT2D eigenvalue weighted by molar-refractivity contribution is -0.119. The van der Waals surface area contributed by atoms with Crippen molar-refractivity contribution in [3.05, 3.63) is 42.3 Å². The summed E-state index contributed by atoms with van der Waals surface area (Å²) < 4.78 is 24.3. The molecule has 0 radical (unpaired) electrons. The molecule has 9 nitrogen and oxygen atoms in total. The molecular formula is C20H25FN4O5. The molecule has 4 N–H and O–H groups in total. The Bertz CT molecular complexity index is 863. The van der Waals surface area contributed by atoms with E-state index in [1.807, 2.05) is 6.92 Å². The van der Waals surface area contributed by atoms with Crippen LogP contribution >= 0.6 is 0 Å². The van der Waals surface area contributed by atoms with E-state index >= 15 is 0 Å². The van der Waals surface area contributed by atoms with Crippen LogP contribution in [-0.4, -0.2) is 47.9 Å². The summed E-state index contributed by atoms with van der Waals surface area (Å²) in [6.45, 7) is 4.24. The van der Waals surface area contributed by atoms with Crippen LogP contribution in [0.3, 0.4) is 0 Å². The van der Waals surface area contributed by atoms with Crippen LogP contribution in [0.25, 0.3) is 0 Å². The van der Waals surface area contributed by atoms with E-state index in [0.29, 0.717) is 18.0 Å². The Hall–Kier alpha value is -3.56. The predicted octanol–water partition coefficient (Wildman–Crippen LogP) is 2.45. The molecule has 0 aliphatic carbocycles. The van der Waals surface area contributed by atoms with Crippen LogP contribution < -0.4 is 20.7 Å². The quantitative estimate of drug-likeness (QED) is 0.655. The summed E-state index contributed by atoms with van der Waals surface area (Å²) in [6.07, 6.45) is 1.22. The van der Waals surface area contributed by atoms with Crippen molar-refractivity contribution < 1.29 is 28.6 Å². The number of rotatable bonds is 6. The molecule has 0 unspecified atom stereocenters. The van der Waals surface area contributed by atoms with Gasteiger partial charge in [-0.25, -0.2) is 14.2 Å². The van der Waals surface area contributed by atoms with Crippen molar-refractivity contribution in [1.82, 2.24) is 10.3 Å². The lowest BCUT2D eigenvalue weighted by Gasteiger charge is -2.14. The van der Waals surface area contributed by atoms with Crippen LogP contribution in [0.1, 0.15) is 20.3 Å². The van der Waals surface area contributed by atoms with E-state index in [1.165, 1.54) is 36.2 Å². The number of aromatic nitrogens is 1. The molecule has 1 aromatic carbocycles. The van der Waals surface area contributed by atoms with Gasteiger partial charge < -0.3 is 25.6 Å². The van der Waals surface area contributed by atoms with Crippen molar-refractivity contribution >= 4 is 23.4 Å². The van der Waals surface area contributed by atoms with E-state index in [1.54, 1.807) is 12.1 Å². The molecule has 30 heavy (non-hydrogen) atoms. The number of nitrogens with one attached hydrogen (secondary N) is 1. The summed E-state index contributed by atoms with van der Waals surface area (Å²) >= 11 is 0. The summed E-state index contributed by atoms with van der Waals surface area (Å²) in [4.78, 5) is 27.6. The molecule has 2 aromatic rings. The van der Waals surface area contributed by atoms with E-state index in [4.69, 9.17) is 20.3 Å². The molecule has 0 saturated carbocycles. The minimum Gasteiger partial charge on any atom is -0.493 e. The number of anilines is 2. The molecule has 1 aromatic heterocycles. The average molecular weight is 420 g/mol. The van der Waals surface area contributed by atoms with Crippen molar-refractivity contribution in [1.29, 1.82) is 0 Å². The second kappa shape index (κ2) is 10.8. The highest BCUT2D eigenvalue weighted by Crippen LogP contribution is 2.27. The van der Waals surface area contributed by atoms with Crippen LogP contribution in [0, 0.1) is 5.82 Å². The first-order chi connectivity index (χ1) is 14.3. The number of nitrogen functional groups attached to an aromatic ring is 1. The number of nitrogens with two attached hydrogens (primary N) is 1. The normalized spacial score (nSPS) is 15.1. The van der Waals surface area contributed by atoms with Gasteiger partial charge in [-0.05, 0) is 24.6 Å². The number of ether oxygens (including phenoxy) is 2. The largest absolute Gasteiger partial charge is 0.493 e. The van der Waals surface area contributed by atoms with Crippen molar-refractivity contribution in [2.45, 2.75) is 26.4 Å². The van der Waals surface area contributed by atoms with Crippen molar-refractivity contribution in [2.75, 3.05) is 30.3 Å². The maximum Gasteiger partial charge on any atom is 0.414 e. The van der Waals surface area contributed by atoms with Gasteiger partial charge in [-0.3, -0.25) is 9.69 Å². The molecule has 1 fully saturated rings. The van der Waals surface area contributed by atoms with Gasteiger partial charge in [0.1, 0.15) is 6.10 Å². The third-order valence-corrected chi connectivity index (χ3v) is 3.91. The second-order valence-corrected chi connectivity index (χ2v) is 6.46. The number of halogens is 1. The number of cyclic esters (lactones) is 1. The summed E-state index contributed by atoms with van der Waals surface area (Å²) in [7, 11) is 0. The number of aromatic hydroxyl groups is 1. The molecule has 2 amide bonds. The molecule has 2 heterocycles. The van der Waals surface area contributed by atoms with Crippen molar-refractivity contribution in [2.24, 2.45) is 0 Å². The van der Waals surface area contributed by atoms with Gasteiger partial charge in [0.2, 0.25) is 11.8 Å². The molecule has 0 bridgehead atoms. The zero-order chi connectivity index (χ0) is 22.1. The number of pyridine rings is 1. The number of amides is 2. The van der Waals surface area contributed by atoms with Crippen molar-refractivity contribution in [3.63, 3.8) is 0 Å². The second-order valence-electron chi connectivity index (χ2n) is 6.46. The molecule has 3 rings (SSSR count). The van der Waals surface area contributed by atoms with E-state index in [-0.39, 0.29) is 30.6 Å². The Morgan fingerprint density at radius 2 is 2.20 bits per heavy atom. The Morgan fingerprint density at radius 3 is 2.77 bits per heavy atom. The summed E-state index contributed by atoms with van der Waals surface area (Å²) in [5.41, 5.74) is 6.18. The van der Waals surface area contributed by atoms with Crippen LogP contribution in [-0.2, 0) is 9.53 Å². The first-order valence-electron chi connectivity index (χ1n) is 9.35. The first-order valence-corrected chi connectivity index (χ1v) is 9.35. The van der Waals surface area contributed by atoms with Gasteiger partial charge in [-0.1, -0.05) is 6.92 Å². The summed E-state index contributed by atoms with van der Waals surface area (Å²) in [5, 5.41) is 11.2. The fraction of sp³-hybridized carbons (Fsp3) is 0.350. The number of benzene rings is 1. The minimum absolute atomic E-state index is 0.0370. The molecule has 162 valence electrons. The van der Waals surface area contributed by atoms with Gasteiger partial charge in [0.05, 0.1) is 25.4 Å². The topological polar surface area (TPSA) is 127 Å². The molecule has 1 atom stereocenters. The monoisotopic (exact) mass is 420 g/mol. The third-order valence-electron chi connectivity index (χ3n) is 3.91. The molecular weight excluding hydrogens is 395 g/mol. The highest BCUT2D eigenvalue weighted by Gasteiger charge is 2.32. The van der Waals surface area contributed by atoms with E-state index in [0.717, 1.165) is 6.42 Å². The highest BCUT2D eigenvalue weighted by molar-refractivity contribution is 5.89. The zero-order valence-corrected chi connectivity index (χ0v) is 16.8. The fourth-order valence-corrected chi connectivity index (χ4v) is 2.52. The predicted molar refractivity (Wildman–Crippen MR) is 109 cm³/mol. The van der Waals surface area contributed by atoms with Gasteiger partial charge >= 0.3 is 6.09 Å². The van der Waals surface area contributed by atoms with Gasteiger partial charge in [0.15, 0.2) is 11.6 Å². The molecule has 1 aliphatic rings.